The highest BCUT2D eigenvalue weighted by Crippen LogP contribution is 2.22. The Labute approximate surface area is 132 Å². The Morgan fingerprint density at radius 2 is 1.91 bits per heavy atom. The minimum absolute atomic E-state index is 0.215. The molecule has 1 aromatic heterocycles. The third kappa shape index (κ3) is 5.37. The first-order valence-corrected chi connectivity index (χ1v) is 8.12. The van der Waals surface area contributed by atoms with Crippen LogP contribution in [0.4, 0.5) is 4.79 Å². The van der Waals surface area contributed by atoms with Crippen molar-refractivity contribution in [1.82, 2.24) is 10.6 Å². The molecule has 1 aromatic rings. The quantitative estimate of drug-likeness (QED) is 0.889. The molecular weight excluding hydrogens is 280 g/mol. The van der Waals surface area contributed by atoms with Crippen molar-refractivity contribution in [3.05, 3.63) is 24.2 Å². The molecule has 1 aliphatic rings. The van der Waals surface area contributed by atoms with Crippen molar-refractivity contribution in [2.75, 3.05) is 0 Å². The Balaban J connectivity index is 1.70. The van der Waals surface area contributed by atoms with E-state index in [0.717, 1.165) is 31.4 Å². The van der Waals surface area contributed by atoms with Gasteiger partial charge in [-0.15, -0.1) is 0 Å². The lowest BCUT2D eigenvalue weighted by Crippen LogP contribution is -2.44. The van der Waals surface area contributed by atoms with Crippen molar-refractivity contribution in [1.29, 1.82) is 0 Å². The molecule has 1 amide bonds. The third-order valence-electron chi connectivity index (χ3n) is 3.90. The number of rotatable bonds is 4. The van der Waals surface area contributed by atoms with E-state index in [2.05, 4.69) is 17.6 Å². The molecule has 1 aliphatic carbocycles. The number of ether oxygens (including phenoxy) is 1. The summed E-state index contributed by atoms with van der Waals surface area (Å²) < 4.78 is 10.7. The molecule has 1 fully saturated rings. The molecule has 0 radical (unpaired) electrons. The summed E-state index contributed by atoms with van der Waals surface area (Å²) in [6, 6.07) is 4.81. The van der Waals surface area contributed by atoms with E-state index in [-0.39, 0.29) is 18.2 Å². The first kappa shape index (κ1) is 16.9. The van der Waals surface area contributed by atoms with Crippen molar-refractivity contribution in [3.63, 3.8) is 0 Å². The number of hydrogen-bond donors (Lipinski definition) is 2. The lowest BCUT2D eigenvalue weighted by molar-refractivity contribution is 0.0489. The highest BCUT2D eigenvalue weighted by molar-refractivity contribution is 5.68. The summed E-state index contributed by atoms with van der Waals surface area (Å²) in [5.74, 6) is 0.967. The SMILES string of the molecule is CC(NC1CCC(NC(=O)OC(C)(C)C)CC1)c1ccco1. The van der Waals surface area contributed by atoms with Gasteiger partial charge in [-0.3, -0.25) is 0 Å². The average molecular weight is 308 g/mol. The molecular formula is C17H28N2O3. The van der Waals surface area contributed by atoms with Gasteiger partial charge in [0, 0.05) is 12.1 Å². The summed E-state index contributed by atoms with van der Waals surface area (Å²) in [7, 11) is 0. The molecule has 22 heavy (non-hydrogen) atoms. The van der Waals surface area contributed by atoms with Crippen molar-refractivity contribution in [2.24, 2.45) is 0 Å². The van der Waals surface area contributed by atoms with Gasteiger partial charge >= 0.3 is 6.09 Å². The summed E-state index contributed by atoms with van der Waals surface area (Å²) in [4.78, 5) is 11.8. The number of alkyl carbamates (subject to hydrolysis) is 1. The van der Waals surface area contributed by atoms with E-state index in [1.807, 2.05) is 32.9 Å². The summed E-state index contributed by atoms with van der Waals surface area (Å²) in [5, 5.41) is 6.56. The molecule has 0 spiro atoms. The Morgan fingerprint density at radius 1 is 1.27 bits per heavy atom. The van der Waals surface area contributed by atoms with Crippen LogP contribution in [0.15, 0.2) is 22.8 Å². The topological polar surface area (TPSA) is 63.5 Å². The maximum Gasteiger partial charge on any atom is 0.407 e. The minimum atomic E-state index is -0.443. The lowest BCUT2D eigenvalue weighted by atomic mass is 9.90. The van der Waals surface area contributed by atoms with Crippen molar-refractivity contribution in [2.45, 2.75) is 77.1 Å². The Bertz CT molecular complexity index is 457. The minimum Gasteiger partial charge on any atom is -0.468 e. The van der Waals surface area contributed by atoms with Crippen LogP contribution in [0, 0.1) is 0 Å². The van der Waals surface area contributed by atoms with E-state index in [4.69, 9.17) is 9.15 Å². The molecule has 1 unspecified atom stereocenters. The first-order chi connectivity index (χ1) is 10.3. The number of carbonyl (C=O) groups is 1. The molecule has 0 aliphatic heterocycles. The van der Waals surface area contributed by atoms with E-state index >= 15 is 0 Å². The van der Waals surface area contributed by atoms with Gasteiger partial charge in [0.1, 0.15) is 11.4 Å². The standard InChI is InChI=1S/C17H28N2O3/c1-12(15-6-5-11-21-15)18-13-7-9-14(10-8-13)19-16(20)22-17(2,3)4/h5-6,11-14,18H,7-10H2,1-4H3,(H,19,20). The van der Waals surface area contributed by atoms with Gasteiger partial charge in [0.15, 0.2) is 0 Å². The molecule has 0 aromatic carbocycles. The predicted octanol–water partition coefficient (Wildman–Crippen LogP) is 3.77. The fourth-order valence-corrected chi connectivity index (χ4v) is 2.85. The number of amides is 1. The van der Waals surface area contributed by atoms with Gasteiger partial charge in [-0.25, -0.2) is 4.79 Å². The summed E-state index contributed by atoms with van der Waals surface area (Å²) in [6.45, 7) is 7.75. The summed E-state index contributed by atoms with van der Waals surface area (Å²) in [5.41, 5.74) is -0.443. The van der Waals surface area contributed by atoms with Crippen LogP contribution < -0.4 is 10.6 Å². The van der Waals surface area contributed by atoms with E-state index in [9.17, 15) is 4.79 Å². The van der Waals surface area contributed by atoms with Gasteiger partial charge < -0.3 is 19.8 Å². The summed E-state index contributed by atoms with van der Waals surface area (Å²) in [6.07, 6.45) is 5.43. The number of nitrogens with one attached hydrogen (secondary N) is 2. The Kier molecular flexibility index (Phi) is 5.51. The van der Waals surface area contributed by atoms with Crippen LogP contribution in [0.5, 0.6) is 0 Å². The first-order valence-electron chi connectivity index (χ1n) is 8.12. The molecule has 5 heteroatoms. The number of carbonyl (C=O) groups excluding carboxylic acids is 1. The van der Waals surface area contributed by atoms with Gasteiger partial charge in [-0.2, -0.15) is 0 Å². The molecule has 1 heterocycles. The van der Waals surface area contributed by atoms with Crippen molar-refractivity contribution in [3.8, 4) is 0 Å². The van der Waals surface area contributed by atoms with Crippen LogP contribution in [0.25, 0.3) is 0 Å². The second-order valence-electron chi connectivity index (χ2n) is 7.10. The molecule has 1 saturated carbocycles. The normalized spacial score (nSPS) is 23.8. The maximum absolute atomic E-state index is 11.8. The molecule has 2 rings (SSSR count). The zero-order chi connectivity index (χ0) is 16.2. The Hall–Kier alpha value is -1.49. The van der Waals surface area contributed by atoms with Crippen LogP contribution >= 0.6 is 0 Å². The second-order valence-corrected chi connectivity index (χ2v) is 7.10. The zero-order valence-corrected chi connectivity index (χ0v) is 14.0. The highest BCUT2D eigenvalue weighted by Gasteiger charge is 2.25. The van der Waals surface area contributed by atoms with E-state index in [0.29, 0.717) is 6.04 Å². The van der Waals surface area contributed by atoms with Crippen molar-refractivity contribution >= 4 is 6.09 Å². The van der Waals surface area contributed by atoms with Crippen LogP contribution in [0.2, 0.25) is 0 Å². The molecule has 1 atom stereocenters. The number of furan rings is 1. The van der Waals surface area contributed by atoms with E-state index in [1.165, 1.54) is 0 Å². The van der Waals surface area contributed by atoms with E-state index in [1.54, 1.807) is 6.26 Å². The van der Waals surface area contributed by atoms with Crippen LogP contribution in [-0.2, 0) is 4.74 Å². The maximum atomic E-state index is 11.8. The zero-order valence-electron chi connectivity index (χ0n) is 14.0. The van der Waals surface area contributed by atoms with Gasteiger partial charge in [-0.1, -0.05) is 0 Å². The van der Waals surface area contributed by atoms with Crippen molar-refractivity contribution < 1.29 is 13.9 Å². The van der Waals surface area contributed by atoms with Gasteiger partial charge in [0.05, 0.1) is 12.3 Å². The predicted molar refractivity (Wildman–Crippen MR) is 85.7 cm³/mol. The van der Waals surface area contributed by atoms with Crippen LogP contribution in [0.3, 0.4) is 0 Å². The average Bonchev–Trinajstić information content (AvgIpc) is 2.92. The molecule has 5 nitrogen and oxygen atoms in total. The monoisotopic (exact) mass is 308 g/mol. The summed E-state index contributed by atoms with van der Waals surface area (Å²) >= 11 is 0. The molecule has 2 N–H and O–H groups in total. The largest absolute Gasteiger partial charge is 0.468 e. The lowest BCUT2D eigenvalue weighted by Gasteiger charge is -2.31. The molecule has 0 bridgehead atoms. The smallest absolute Gasteiger partial charge is 0.407 e. The van der Waals surface area contributed by atoms with Gasteiger partial charge in [0.2, 0.25) is 0 Å². The fourth-order valence-electron chi connectivity index (χ4n) is 2.85. The van der Waals surface area contributed by atoms with Crippen LogP contribution in [0.1, 0.15) is 65.2 Å². The molecule has 124 valence electrons. The van der Waals surface area contributed by atoms with Crippen LogP contribution in [-0.4, -0.2) is 23.8 Å². The number of hydrogen-bond acceptors (Lipinski definition) is 4. The van der Waals surface area contributed by atoms with E-state index < -0.39 is 5.60 Å². The second kappa shape index (κ2) is 7.18. The van der Waals surface area contributed by atoms with Gasteiger partial charge in [-0.05, 0) is 65.5 Å². The molecule has 0 saturated heterocycles. The van der Waals surface area contributed by atoms with Gasteiger partial charge in [0.25, 0.3) is 0 Å². The Morgan fingerprint density at radius 3 is 2.45 bits per heavy atom. The third-order valence-corrected chi connectivity index (χ3v) is 3.90. The fraction of sp³-hybridized carbons (Fsp3) is 0.706. The highest BCUT2D eigenvalue weighted by atomic mass is 16.6.